The second-order valence-corrected chi connectivity index (χ2v) is 13.1. The Morgan fingerprint density at radius 2 is 1.30 bits per heavy atom. The molecule has 0 unspecified atom stereocenters. The molecule has 1 N–H and O–H groups in total. The van der Waals surface area contributed by atoms with Crippen molar-refractivity contribution in [2.45, 2.75) is 46.6 Å². The van der Waals surface area contributed by atoms with Gasteiger partial charge in [-0.3, -0.25) is 0 Å². The van der Waals surface area contributed by atoms with E-state index in [0.29, 0.717) is 5.56 Å². The summed E-state index contributed by atoms with van der Waals surface area (Å²) < 4.78 is 7.11. The highest BCUT2D eigenvalue weighted by molar-refractivity contribution is 7.00. The highest BCUT2D eigenvalue weighted by atomic mass is 28.4. The fourth-order valence-electron chi connectivity index (χ4n) is 4.29. The van der Waals surface area contributed by atoms with E-state index in [2.05, 4.69) is 69.3 Å². The first-order valence-electron chi connectivity index (χ1n) is 10.2. The van der Waals surface area contributed by atoms with Crippen LogP contribution in [-0.4, -0.2) is 19.4 Å². The molecule has 0 saturated carbocycles. The fraction of sp³-hybridized carbons (Fsp3) is 0.269. The molecule has 0 atom stereocenters. The number of carboxylic acids is 1. The summed E-state index contributed by atoms with van der Waals surface area (Å²) in [6.45, 7) is 12.4. The monoisotopic (exact) mass is 418 g/mol. The largest absolute Gasteiger partial charge is 0.534 e. The van der Waals surface area contributed by atoms with Gasteiger partial charge in [-0.15, -0.1) is 0 Å². The van der Waals surface area contributed by atoms with E-state index in [9.17, 15) is 9.90 Å². The quantitative estimate of drug-likeness (QED) is 0.576. The number of carbonyl (C=O) groups is 1. The van der Waals surface area contributed by atoms with Gasteiger partial charge in [0.25, 0.3) is 0 Å². The molecule has 0 spiro atoms. The summed E-state index contributed by atoms with van der Waals surface area (Å²) in [6.07, 6.45) is 0. The van der Waals surface area contributed by atoms with Crippen molar-refractivity contribution in [1.82, 2.24) is 0 Å². The molecular weight excluding hydrogens is 388 g/mol. The minimum atomic E-state index is -2.76. The molecule has 3 aromatic carbocycles. The zero-order valence-electron chi connectivity index (χ0n) is 18.6. The van der Waals surface area contributed by atoms with Crippen LogP contribution in [-0.2, 0) is 0 Å². The van der Waals surface area contributed by atoms with Crippen LogP contribution in [0, 0.1) is 20.8 Å². The van der Waals surface area contributed by atoms with E-state index in [1.807, 2.05) is 39.0 Å². The van der Waals surface area contributed by atoms with Crippen molar-refractivity contribution in [3.63, 3.8) is 0 Å². The van der Waals surface area contributed by atoms with E-state index in [1.54, 1.807) is 0 Å². The SMILES string of the molecule is Cc1cc(O[Si](c2ccccc2)(c2ccccc2)C(C)(C)C)c(C)c(C)c1C(=O)O. The third kappa shape index (κ3) is 3.68. The summed E-state index contributed by atoms with van der Waals surface area (Å²) in [6, 6.07) is 22.8. The molecule has 4 heteroatoms. The maximum Gasteiger partial charge on any atom is 0.336 e. The first kappa shape index (κ1) is 21.8. The molecule has 0 aliphatic rings. The molecule has 3 aromatic rings. The van der Waals surface area contributed by atoms with Crippen LogP contribution in [0.15, 0.2) is 66.7 Å². The maximum atomic E-state index is 11.8. The zero-order valence-corrected chi connectivity index (χ0v) is 19.6. The van der Waals surface area contributed by atoms with E-state index in [-0.39, 0.29) is 5.04 Å². The average molecular weight is 419 g/mol. The second-order valence-electron chi connectivity index (χ2n) is 8.89. The smallest absolute Gasteiger partial charge is 0.336 e. The Balaban J connectivity index is 2.32. The van der Waals surface area contributed by atoms with Gasteiger partial charge in [0.05, 0.1) is 5.56 Å². The molecule has 0 aliphatic heterocycles. The van der Waals surface area contributed by atoms with Crippen LogP contribution in [0.2, 0.25) is 5.04 Å². The highest BCUT2D eigenvalue weighted by Gasteiger charge is 2.52. The first-order chi connectivity index (χ1) is 14.1. The van der Waals surface area contributed by atoms with Crippen LogP contribution in [0.3, 0.4) is 0 Å². The van der Waals surface area contributed by atoms with E-state index in [4.69, 9.17) is 4.43 Å². The molecule has 156 valence electrons. The van der Waals surface area contributed by atoms with Gasteiger partial charge in [0.1, 0.15) is 5.75 Å². The minimum absolute atomic E-state index is 0.157. The predicted octanol–water partition coefficient (Wildman–Crippen LogP) is 5.25. The maximum absolute atomic E-state index is 11.8. The molecule has 3 nitrogen and oxygen atoms in total. The average Bonchev–Trinajstić information content (AvgIpc) is 2.70. The van der Waals surface area contributed by atoms with Crippen LogP contribution < -0.4 is 14.8 Å². The molecule has 0 heterocycles. The number of hydrogen-bond acceptors (Lipinski definition) is 2. The molecule has 0 bridgehead atoms. The second kappa shape index (κ2) is 8.11. The van der Waals surface area contributed by atoms with Gasteiger partial charge in [-0.1, -0.05) is 81.4 Å². The van der Waals surface area contributed by atoms with E-state index < -0.39 is 14.3 Å². The van der Waals surface area contributed by atoms with Crippen molar-refractivity contribution in [3.05, 3.63) is 89.0 Å². The number of carboxylic acid groups (broad SMARTS) is 1. The van der Waals surface area contributed by atoms with Crippen LogP contribution in [0.1, 0.15) is 47.8 Å². The Morgan fingerprint density at radius 1 is 0.833 bits per heavy atom. The molecule has 30 heavy (non-hydrogen) atoms. The first-order valence-corrected chi connectivity index (χ1v) is 12.1. The third-order valence-electron chi connectivity index (χ3n) is 5.94. The lowest BCUT2D eigenvalue weighted by Gasteiger charge is -2.43. The van der Waals surface area contributed by atoms with Crippen molar-refractivity contribution < 1.29 is 14.3 Å². The summed E-state index contributed by atoms with van der Waals surface area (Å²) in [5, 5.41) is 11.9. The molecule has 0 amide bonds. The summed E-state index contributed by atoms with van der Waals surface area (Å²) in [5.74, 6) is -0.130. The number of aryl methyl sites for hydroxylation is 1. The molecule has 0 radical (unpaired) electrons. The summed E-state index contributed by atoms with van der Waals surface area (Å²) in [7, 11) is -2.76. The Morgan fingerprint density at radius 3 is 1.70 bits per heavy atom. The van der Waals surface area contributed by atoms with Gasteiger partial charge in [0.15, 0.2) is 0 Å². The van der Waals surface area contributed by atoms with E-state index in [0.717, 1.165) is 22.4 Å². The number of benzene rings is 3. The Hall–Kier alpha value is -2.85. The molecule has 0 fully saturated rings. The Labute approximate surface area is 180 Å². The normalized spacial score (nSPS) is 11.9. The van der Waals surface area contributed by atoms with Gasteiger partial charge in [-0.2, -0.15) is 0 Å². The molecule has 0 saturated heterocycles. The van der Waals surface area contributed by atoms with Crippen molar-refractivity contribution in [2.24, 2.45) is 0 Å². The fourth-order valence-corrected chi connectivity index (χ4v) is 8.77. The van der Waals surface area contributed by atoms with Gasteiger partial charge in [-0.05, 0) is 58.9 Å². The van der Waals surface area contributed by atoms with Crippen molar-refractivity contribution in [1.29, 1.82) is 0 Å². The molecule has 3 rings (SSSR count). The standard InChI is InChI=1S/C26H30O3Si/c1-18-17-23(19(2)20(3)24(18)25(27)28)29-30(26(4,5)6,21-13-9-7-10-14-21)22-15-11-8-12-16-22/h7-17H,1-6H3,(H,27,28). The third-order valence-corrected chi connectivity index (χ3v) is 10.9. The molecule has 0 aliphatic carbocycles. The lowest BCUT2D eigenvalue weighted by Crippen LogP contribution is -2.68. The van der Waals surface area contributed by atoms with Crippen LogP contribution >= 0.6 is 0 Å². The number of rotatable bonds is 5. The summed E-state index contributed by atoms with van der Waals surface area (Å²) in [4.78, 5) is 11.8. The van der Waals surface area contributed by atoms with E-state index in [1.165, 1.54) is 10.4 Å². The van der Waals surface area contributed by atoms with Gasteiger partial charge in [-0.25, -0.2) is 4.79 Å². The van der Waals surface area contributed by atoms with Gasteiger partial charge in [0, 0.05) is 0 Å². The zero-order chi connectivity index (χ0) is 22.1. The van der Waals surface area contributed by atoms with Crippen LogP contribution in [0.25, 0.3) is 0 Å². The van der Waals surface area contributed by atoms with Crippen molar-refractivity contribution in [3.8, 4) is 5.75 Å². The lowest BCUT2D eigenvalue weighted by molar-refractivity contribution is 0.0695. The summed E-state index contributed by atoms with van der Waals surface area (Å²) >= 11 is 0. The molecular formula is C26H30O3Si. The molecule has 0 aromatic heterocycles. The van der Waals surface area contributed by atoms with Gasteiger partial charge in [0.2, 0.25) is 0 Å². The Kier molecular flexibility index (Phi) is 5.91. The van der Waals surface area contributed by atoms with Crippen LogP contribution in [0.4, 0.5) is 0 Å². The number of aromatic carboxylic acids is 1. The Bertz CT molecular complexity index is 1010. The van der Waals surface area contributed by atoms with Crippen molar-refractivity contribution in [2.75, 3.05) is 0 Å². The van der Waals surface area contributed by atoms with E-state index >= 15 is 0 Å². The predicted molar refractivity (Wildman–Crippen MR) is 126 cm³/mol. The highest BCUT2D eigenvalue weighted by Crippen LogP contribution is 2.39. The lowest BCUT2D eigenvalue weighted by atomic mass is 9.98. The topological polar surface area (TPSA) is 46.5 Å². The number of hydrogen-bond donors (Lipinski definition) is 1. The van der Waals surface area contributed by atoms with Gasteiger partial charge < -0.3 is 9.53 Å². The summed E-state index contributed by atoms with van der Waals surface area (Å²) in [5.41, 5.74) is 2.72. The van der Waals surface area contributed by atoms with Crippen LogP contribution in [0.5, 0.6) is 5.75 Å². The van der Waals surface area contributed by atoms with Gasteiger partial charge >= 0.3 is 14.3 Å². The minimum Gasteiger partial charge on any atom is -0.534 e. The van der Waals surface area contributed by atoms with Crippen molar-refractivity contribution >= 4 is 24.7 Å².